The third-order valence-corrected chi connectivity index (χ3v) is 5.13. The van der Waals surface area contributed by atoms with E-state index in [9.17, 15) is 4.79 Å². The Morgan fingerprint density at radius 2 is 2.04 bits per heavy atom. The fourth-order valence-electron chi connectivity index (χ4n) is 2.50. The van der Waals surface area contributed by atoms with E-state index in [-0.39, 0.29) is 10.8 Å². The summed E-state index contributed by atoms with van der Waals surface area (Å²) in [4.78, 5) is 17.5. The largest absolute Gasteiger partial charge is 0.283 e. The van der Waals surface area contributed by atoms with Gasteiger partial charge in [0.25, 0.3) is 5.56 Å². The lowest BCUT2D eigenvalue weighted by Gasteiger charge is -2.15. The van der Waals surface area contributed by atoms with Crippen LogP contribution in [0.1, 0.15) is 17.7 Å². The Morgan fingerprint density at radius 3 is 2.75 bits per heavy atom. The maximum absolute atomic E-state index is 12.8. The summed E-state index contributed by atoms with van der Waals surface area (Å²) in [6.07, 6.45) is 1.71. The minimum atomic E-state index is -0.0924. The number of allylic oxidation sites excluding steroid dienone is 1. The van der Waals surface area contributed by atoms with Crippen molar-refractivity contribution >= 4 is 34.3 Å². The monoisotopic (exact) mass is 356 g/mol. The highest BCUT2D eigenvalue weighted by molar-refractivity contribution is 7.99. The lowest BCUT2D eigenvalue weighted by atomic mass is 10.2. The second-order valence-corrected chi connectivity index (χ2v) is 7.18. The van der Waals surface area contributed by atoms with Crippen molar-refractivity contribution in [3.8, 4) is 0 Å². The second-order valence-electron chi connectivity index (χ2n) is 5.43. The quantitative estimate of drug-likeness (QED) is 0.363. The first kappa shape index (κ1) is 16.8. The number of thioether (sulfide) groups is 1. The van der Waals surface area contributed by atoms with Crippen molar-refractivity contribution < 1.29 is 0 Å². The summed E-state index contributed by atoms with van der Waals surface area (Å²) < 4.78 is 1.65. The van der Waals surface area contributed by atoms with Crippen LogP contribution in [0.5, 0.6) is 0 Å². The molecule has 1 heterocycles. The summed E-state index contributed by atoms with van der Waals surface area (Å²) in [6, 6.07) is 15.4. The molecule has 5 heteroatoms. The average molecular weight is 357 g/mol. The average Bonchev–Trinajstić information content (AvgIpc) is 2.60. The van der Waals surface area contributed by atoms with Crippen LogP contribution in [0.4, 0.5) is 0 Å². The highest BCUT2D eigenvalue weighted by atomic mass is 35.5. The third-order valence-electron chi connectivity index (χ3n) is 3.74. The van der Waals surface area contributed by atoms with Crippen LogP contribution in [0.2, 0.25) is 5.02 Å². The molecular weight excluding hydrogens is 340 g/mol. The minimum absolute atomic E-state index is 0.0924. The number of aromatic nitrogens is 2. The molecule has 1 aromatic heterocycles. The molecule has 0 fully saturated rings. The number of fused-ring (bicyclic) bond motifs is 1. The molecule has 0 amide bonds. The van der Waals surface area contributed by atoms with Gasteiger partial charge in [-0.3, -0.25) is 9.36 Å². The Hall–Kier alpha value is -2.04. The van der Waals surface area contributed by atoms with E-state index in [4.69, 9.17) is 11.6 Å². The van der Waals surface area contributed by atoms with Gasteiger partial charge in [-0.05, 0) is 30.7 Å². The highest BCUT2D eigenvalue weighted by Gasteiger charge is 2.15. The number of hydrogen-bond acceptors (Lipinski definition) is 3. The smallest absolute Gasteiger partial charge is 0.262 e. The van der Waals surface area contributed by atoms with Gasteiger partial charge in [-0.25, -0.2) is 4.98 Å². The van der Waals surface area contributed by atoms with Crippen LogP contribution in [0.3, 0.4) is 0 Å². The number of benzene rings is 2. The Labute approximate surface area is 150 Å². The summed E-state index contributed by atoms with van der Waals surface area (Å²) >= 11 is 7.59. The van der Waals surface area contributed by atoms with Gasteiger partial charge in [0.1, 0.15) is 0 Å². The van der Waals surface area contributed by atoms with Crippen molar-refractivity contribution in [2.24, 2.45) is 0 Å². The molecule has 122 valence electrons. The van der Waals surface area contributed by atoms with Gasteiger partial charge in [0.15, 0.2) is 5.16 Å². The van der Waals surface area contributed by atoms with Gasteiger partial charge in [0.2, 0.25) is 0 Å². The van der Waals surface area contributed by atoms with Gasteiger partial charge in [0, 0.05) is 16.8 Å². The van der Waals surface area contributed by atoms with E-state index >= 15 is 0 Å². The molecule has 3 aromatic rings. The van der Waals surface area contributed by atoms with E-state index in [0.29, 0.717) is 27.6 Å². The van der Waals surface area contributed by atoms with Crippen molar-refractivity contribution in [1.82, 2.24) is 9.55 Å². The SMILES string of the molecule is C=CCn1c(SC(C)c2ccccc2)nc2ccc(Cl)cc2c1=O. The summed E-state index contributed by atoms with van der Waals surface area (Å²) in [5, 5.41) is 1.93. The van der Waals surface area contributed by atoms with Gasteiger partial charge in [-0.1, -0.05) is 59.8 Å². The standard InChI is InChI=1S/C19H17ClN2OS/c1-3-11-22-18(23)16-12-15(20)9-10-17(16)21-19(22)24-13(2)14-7-5-4-6-8-14/h3-10,12-13H,1,11H2,2H3. The van der Waals surface area contributed by atoms with Crippen LogP contribution >= 0.6 is 23.4 Å². The number of hydrogen-bond donors (Lipinski definition) is 0. The normalized spacial score (nSPS) is 12.2. The van der Waals surface area contributed by atoms with Crippen LogP contribution < -0.4 is 5.56 Å². The molecule has 2 aromatic carbocycles. The Morgan fingerprint density at radius 1 is 1.29 bits per heavy atom. The zero-order valence-corrected chi connectivity index (χ0v) is 14.8. The summed E-state index contributed by atoms with van der Waals surface area (Å²) in [5.41, 5.74) is 1.76. The van der Waals surface area contributed by atoms with Crippen molar-refractivity contribution in [2.75, 3.05) is 0 Å². The number of halogens is 1. The van der Waals surface area contributed by atoms with E-state index < -0.39 is 0 Å². The van der Waals surface area contributed by atoms with E-state index in [1.54, 1.807) is 40.6 Å². The molecule has 0 spiro atoms. The van der Waals surface area contributed by atoms with E-state index in [1.165, 1.54) is 5.56 Å². The molecule has 0 N–H and O–H groups in total. The lowest BCUT2D eigenvalue weighted by Crippen LogP contribution is -2.23. The first-order chi connectivity index (χ1) is 11.6. The molecular formula is C19H17ClN2OS. The molecule has 1 atom stereocenters. The highest BCUT2D eigenvalue weighted by Crippen LogP contribution is 2.33. The van der Waals surface area contributed by atoms with Crippen LogP contribution in [0.25, 0.3) is 10.9 Å². The van der Waals surface area contributed by atoms with Gasteiger partial charge in [0.05, 0.1) is 10.9 Å². The summed E-state index contributed by atoms with van der Waals surface area (Å²) in [6.45, 7) is 6.27. The molecule has 0 saturated heterocycles. The fraction of sp³-hybridized carbons (Fsp3) is 0.158. The number of nitrogens with zero attached hydrogens (tertiary/aromatic N) is 2. The Kier molecular flexibility index (Phi) is 5.07. The predicted octanol–water partition coefficient (Wildman–Crippen LogP) is 5.09. The fourth-order valence-corrected chi connectivity index (χ4v) is 3.72. The van der Waals surface area contributed by atoms with Crippen LogP contribution in [-0.2, 0) is 6.54 Å². The summed E-state index contributed by atoms with van der Waals surface area (Å²) in [5.74, 6) is 0. The molecule has 0 aliphatic heterocycles. The van der Waals surface area contributed by atoms with E-state index in [0.717, 1.165) is 0 Å². The molecule has 0 bridgehead atoms. The lowest BCUT2D eigenvalue weighted by molar-refractivity contribution is 0.670. The predicted molar refractivity (Wildman–Crippen MR) is 102 cm³/mol. The maximum atomic E-state index is 12.8. The Bertz CT molecular complexity index is 937. The number of rotatable bonds is 5. The van der Waals surface area contributed by atoms with E-state index in [1.807, 2.05) is 18.2 Å². The van der Waals surface area contributed by atoms with Crippen molar-refractivity contribution in [1.29, 1.82) is 0 Å². The molecule has 0 aliphatic carbocycles. The first-order valence-corrected chi connectivity index (χ1v) is 8.88. The van der Waals surface area contributed by atoms with Gasteiger partial charge in [-0.15, -0.1) is 6.58 Å². The van der Waals surface area contributed by atoms with Crippen LogP contribution in [0, 0.1) is 0 Å². The molecule has 0 saturated carbocycles. The Balaban J connectivity index is 2.09. The zero-order valence-electron chi connectivity index (χ0n) is 13.3. The van der Waals surface area contributed by atoms with Gasteiger partial charge in [-0.2, -0.15) is 0 Å². The van der Waals surface area contributed by atoms with Gasteiger partial charge >= 0.3 is 0 Å². The third kappa shape index (κ3) is 3.40. The van der Waals surface area contributed by atoms with Crippen molar-refractivity contribution in [3.63, 3.8) is 0 Å². The topological polar surface area (TPSA) is 34.9 Å². The summed E-state index contributed by atoms with van der Waals surface area (Å²) in [7, 11) is 0. The molecule has 24 heavy (non-hydrogen) atoms. The first-order valence-electron chi connectivity index (χ1n) is 7.62. The second kappa shape index (κ2) is 7.24. The van der Waals surface area contributed by atoms with Crippen molar-refractivity contribution in [2.45, 2.75) is 23.9 Å². The van der Waals surface area contributed by atoms with Crippen LogP contribution in [-0.4, -0.2) is 9.55 Å². The van der Waals surface area contributed by atoms with E-state index in [2.05, 4.69) is 30.6 Å². The molecule has 3 rings (SSSR count). The van der Waals surface area contributed by atoms with Crippen LogP contribution in [0.15, 0.2) is 71.1 Å². The maximum Gasteiger partial charge on any atom is 0.262 e. The molecule has 0 radical (unpaired) electrons. The van der Waals surface area contributed by atoms with Gasteiger partial charge < -0.3 is 0 Å². The van der Waals surface area contributed by atoms with Crippen molar-refractivity contribution in [3.05, 3.63) is 82.1 Å². The molecule has 0 aliphatic rings. The molecule has 1 unspecified atom stereocenters. The molecule has 3 nitrogen and oxygen atoms in total. The minimum Gasteiger partial charge on any atom is -0.283 e. The zero-order chi connectivity index (χ0) is 17.1.